The van der Waals surface area contributed by atoms with Crippen LogP contribution in [0.2, 0.25) is 0 Å². The molecule has 0 aliphatic rings. The van der Waals surface area contributed by atoms with Crippen LogP contribution in [0.4, 0.5) is 23.2 Å². The van der Waals surface area contributed by atoms with Crippen molar-refractivity contribution in [2.45, 2.75) is 6.18 Å². The number of amides is 1. The number of hydrogen-bond acceptors (Lipinski definition) is 5. The average molecular weight is 536 g/mol. The molecule has 4 aromatic carbocycles. The van der Waals surface area contributed by atoms with Crippen LogP contribution < -0.4 is 19.5 Å². The van der Waals surface area contributed by atoms with Crippen molar-refractivity contribution in [1.29, 1.82) is 0 Å². The molecule has 1 aromatic heterocycles. The van der Waals surface area contributed by atoms with Crippen LogP contribution in [0.1, 0.15) is 15.9 Å². The number of hydrogen-bond donors (Lipinski definition) is 1. The minimum absolute atomic E-state index is 0.314. The summed E-state index contributed by atoms with van der Waals surface area (Å²) in [6.07, 6.45) is -3.18. The summed E-state index contributed by atoms with van der Waals surface area (Å²) in [4.78, 5) is 17.0. The molecule has 1 amide bonds. The molecule has 5 rings (SSSR count). The predicted molar refractivity (Wildman–Crippen MR) is 138 cm³/mol. The summed E-state index contributed by atoms with van der Waals surface area (Å²) >= 11 is 0. The highest BCUT2D eigenvalue weighted by Crippen LogP contribution is 2.37. The van der Waals surface area contributed by atoms with Gasteiger partial charge in [-0.3, -0.25) is 9.78 Å². The summed E-state index contributed by atoms with van der Waals surface area (Å²) in [6.45, 7) is 0. The van der Waals surface area contributed by atoms with Crippen molar-refractivity contribution < 1.29 is 36.6 Å². The van der Waals surface area contributed by atoms with Gasteiger partial charge in [0.15, 0.2) is 11.5 Å². The number of aromatic nitrogens is 1. The minimum atomic E-state index is -4.78. The Labute approximate surface area is 219 Å². The van der Waals surface area contributed by atoms with Crippen molar-refractivity contribution in [2.75, 3.05) is 19.5 Å². The predicted octanol–water partition coefficient (Wildman–Crippen LogP) is 7.61. The standard InChI is InChI=1S/C29H20F4N2O4/c1-37-26-14-23-24(15-27(26)38-2)34-8-7-25(23)39-22-6-4-16-3-5-21(11-17(16)12-22)35-28(36)18-9-19(29(31,32)33)13-20(30)10-18/h3-15H,1-2H3,(H,35,36). The number of ether oxygens (including phenoxy) is 3. The van der Waals surface area contributed by atoms with Gasteiger partial charge in [-0.1, -0.05) is 12.1 Å². The number of benzene rings is 4. The second kappa shape index (κ2) is 10.1. The first kappa shape index (κ1) is 25.8. The van der Waals surface area contributed by atoms with E-state index in [-0.39, 0.29) is 0 Å². The van der Waals surface area contributed by atoms with Crippen LogP contribution in [0, 0.1) is 5.82 Å². The first-order valence-corrected chi connectivity index (χ1v) is 11.6. The SMILES string of the molecule is COc1cc2nccc(Oc3ccc4ccc(NC(=O)c5cc(F)cc(C(F)(F)F)c5)cc4c3)c2cc1OC. The summed E-state index contributed by atoms with van der Waals surface area (Å²) in [5.41, 5.74) is -0.737. The van der Waals surface area contributed by atoms with E-state index in [0.29, 0.717) is 57.1 Å². The maximum atomic E-state index is 13.8. The van der Waals surface area contributed by atoms with E-state index < -0.39 is 29.0 Å². The fourth-order valence-electron chi connectivity index (χ4n) is 4.12. The van der Waals surface area contributed by atoms with E-state index in [0.717, 1.165) is 11.5 Å². The van der Waals surface area contributed by atoms with Crippen molar-refractivity contribution in [1.82, 2.24) is 4.98 Å². The Morgan fingerprint density at radius 3 is 2.31 bits per heavy atom. The molecule has 0 unspecified atom stereocenters. The van der Waals surface area contributed by atoms with Gasteiger partial charge < -0.3 is 19.5 Å². The normalized spacial score (nSPS) is 11.4. The van der Waals surface area contributed by atoms with Crippen molar-refractivity contribution in [3.05, 3.63) is 95.9 Å². The average Bonchev–Trinajstić information content (AvgIpc) is 2.91. The van der Waals surface area contributed by atoms with Gasteiger partial charge in [-0.05, 0) is 65.4 Å². The molecule has 10 heteroatoms. The maximum Gasteiger partial charge on any atom is 0.416 e. The van der Waals surface area contributed by atoms with E-state index in [1.807, 2.05) is 6.07 Å². The van der Waals surface area contributed by atoms with Crippen LogP contribution in [-0.2, 0) is 6.18 Å². The Kier molecular flexibility index (Phi) is 6.69. The van der Waals surface area contributed by atoms with Crippen molar-refractivity contribution >= 4 is 33.3 Å². The van der Waals surface area contributed by atoms with Gasteiger partial charge in [-0.15, -0.1) is 0 Å². The minimum Gasteiger partial charge on any atom is -0.493 e. The zero-order valence-corrected chi connectivity index (χ0v) is 20.6. The highest BCUT2D eigenvalue weighted by molar-refractivity contribution is 6.05. The summed E-state index contributed by atoms with van der Waals surface area (Å²) < 4.78 is 69.8. The molecule has 0 bridgehead atoms. The lowest BCUT2D eigenvalue weighted by Crippen LogP contribution is -2.14. The summed E-state index contributed by atoms with van der Waals surface area (Å²) in [5.74, 6) is 0.0316. The number of carbonyl (C=O) groups is 1. The van der Waals surface area contributed by atoms with Crippen LogP contribution in [0.25, 0.3) is 21.7 Å². The molecule has 0 aliphatic carbocycles. The molecule has 0 saturated heterocycles. The third kappa shape index (κ3) is 5.40. The monoisotopic (exact) mass is 536 g/mol. The number of halogens is 4. The molecular weight excluding hydrogens is 516 g/mol. The number of pyridine rings is 1. The quantitative estimate of drug-likeness (QED) is 0.226. The van der Waals surface area contributed by atoms with Crippen LogP contribution in [-0.4, -0.2) is 25.1 Å². The molecule has 39 heavy (non-hydrogen) atoms. The second-order valence-corrected chi connectivity index (χ2v) is 8.54. The first-order chi connectivity index (χ1) is 18.6. The molecule has 0 spiro atoms. The van der Waals surface area contributed by atoms with E-state index in [1.165, 1.54) is 14.2 Å². The summed E-state index contributed by atoms with van der Waals surface area (Å²) in [5, 5.41) is 4.75. The topological polar surface area (TPSA) is 69.7 Å². The molecule has 6 nitrogen and oxygen atoms in total. The van der Waals surface area contributed by atoms with Gasteiger partial charge in [0.1, 0.15) is 17.3 Å². The highest BCUT2D eigenvalue weighted by Gasteiger charge is 2.32. The van der Waals surface area contributed by atoms with Crippen LogP contribution >= 0.6 is 0 Å². The van der Waals surface area contributed by atoms with Gasteiger partial charge in [-0.25, -0.2) is 4.39 Å². The van der Waals surface area contributed by atoms with Crippen LogP contribution in [0.15, 0.2) is 79.0 Å². The number of alkyl halides is 3. The number of methoxy groups -OCH3 is 2. The van der Waals surface area contributed by atoms with Crippen LogP contribution in [0.5, 0.6) is 23.0 Å². The largest absolute Gasteiger partial charge is 0.493 e. The third-order valence-electron chi connectivity index (χ3n) is 5.99. The Morgan fingerprint density at radius 2 is 1.56 bits per heavy atom. The Hall–Kier alpha value is -4.86. The highest BCUT2D eigenvalue weighted by atomic mass is 19.4. The summed E-state index contributed by atoms with van der Waals surface area (Å²) in [7, 11) is 3.07. The molecule has 0 saturated carbocycles. The van der Waals surface area contributed by atoms with Gasteiger partial charge in [0, 0.05) is 28.9 Å². The van der Waals surface area contributed by atoms with E-state index in [4.69, 9.17) is 14.2 Å². The molecule has 0 radical (unpaired) electrons. The number of carbonyl (C=O) groups excluding carboxylic acids is 1. The van der Waals surface area contributed by atoms with Gasteiger partial charge in [0.2, 0.25) is 0 Å². The van der Waals surface area contributed by atoms with E-state index >= 15 is 0 Å². The van der Waals surface area contributed by atoms with Crippen molar-refractivity contribution in [3.63, 3.8) is 0 Å². The molecular formula is C29H20F4N2O4. The Balaban J connectivity index is 1.43. The summed E-state index contributed by atoms with van der Waals surface area (Å²) in [6, 6.07) is 17.2. The van der Waals surface area contributed by atoms with E-state index in [1.54, 1.807) is 54.7 Å². The molecule has 1 N–H and O–H groups in total. The fourth-order valence-corrected chi connectivity index (χ4v) is 4.12. The maximum absolute atomic E-state index is 13.8. The van der Waals surface area contributed by atoms with E-state index in [9.17, 15) is 22.4 Å². The van der Waals surface area contributed by atoms with Crippen molar-refractivity contribution in [2.24, 2.45) is 0 Å². The smallest absolute Gasteiger partial charge is 0.416 e. The number of anilines is 1. The number of fused-ring (bicyclic) bond motifs is 2. The molecule has 0 fully saturated rings. The van der Waals surface area contributed by atoms with Gasteiger partial charge in [0.05, 0.1) is 25.3 Å². The molecule has 0 atom stereocenters. The lowest BCUT2D eigenvalue weighted by molar-refractivity contribution is -0.137. The Bertz CT molecular complexity index is 1720. The molecule has 1 heterocycles. The van der Waals surface area contributed by atoms with Gasteiger partial charge in [-0.2, -0.15) is 13.2 Å². The zero-order valence-electron chi connectivity index (χ0n) is 20.6. The lowest BCUT2D eigenvalue weighted by Gasteiger charge is -2.13. The third-order valence-corrected chi connectivity index (χ3v) is 5.99. The molecule has 198 valence electrons. The second-order valence-electron chi connectivity index (χ2n) is 8.54. The Morgan fingerprint density at radius 1 is 0.821 bits per heavy atom. The lowest BCUT2D eigenvalue weighted by atomic mass is 10.1. The number of nitrogens with one attached hydrogen (secondary N) is 1. The molecule has 5 aromatic rings. The first-order valence-electron chi connectivity index (χ1n) is 11.6. The molecule has 0 aliphatic heterocycles. The van der Waals surface area contributed by atoms with Gasteiger partial charge in [0.25, 0.3) is 5.91 Å². The fraction of sp³-hybridized carbons (Fsp3) is 0.103. The van der Waals surface area contributed by atoms with Crippen molar-refractivity contribution in [3.8, 4) is 23.0 Å². The number of rotatable bonds is 6. The number of nitrogens with zero attached hydrogens (tertiary/aromatic N) is 1. The van der Waals surface area contributed by atoms with E-state index in [2.05, 4.69) is 10.3 Å². The van der Waals surface area contributed by atoms with Crippen LogP contribution in [0.3, 0.4) is 0 Å². The van der Waals surface area contributed by atoms with Gasteiger partial charge >= 0.3 is 6.18 Å². The zero-order chi connectivity index (χ0) is 27.7.